The van der Waals surface area contributed by atoms with Gasteiger partial charge >= 0.3 is 0 Å². The number of hydrogen-bond donors (Lipinski definition) is 3. The molecule has 1 amide bonds. The number of rotatable bonds is 9. The van der Waals surface area contributed by atoms with E-state index in [1.807, 2.05) is 12.1 Å². The monoisotopic (exact) mass is 409 g/mol. The van der Waals surface area contributed by atoms with E-state index in [1.165, 1.54) is 7.11 Å². The number of methoxy groups -OCH3 is 3. The molecule has 0 heterocycles. The van der Waals surface area contributed by atoms with Gasteiger partial charge in [0.1, 0.15) is 5.75 Å². The number of amides is 1. The lowest BCUT2D eigenvalue weighted by Gasteiger charge is -2.15. The number of benzene rings is 2. The molecular formula is C23H27N3O4. The summed E-state index contributed by atoms with van der Waals surface area (Å²) in [6.07, 6.45) is 5.68. The van der Waals surface area contributed by atoms with E-state index in [2.05, 4.69) is 5.32 Å². The highest BCUT2D eigenvalue weighted by atomic mass is 16.5. The van der Waals surface area contributed by atoms with Gasteiger partial charge in [0.05, 0.1) is 38.2 Å². The van der Waals surface area contributed by atoms with E-state index in [0.717, 1.165) is 18.4 Å². The molecule has 2 aromatic carbocycles. The molecule has 0 spiro atoms. The van der Waals surface area contributed by atoms with Crippen LogP contribution in [0.3, 0.4) is 0 Å². The lowest BCUT2D eigenvalue weighted by atomic mass is 10.0. The second-order valence-corrected chi connectivity index (χ2v) is 7.13. The zero-order chi connectivity index (χ0) is 21.7. The Hall–Kier alpha value is -3.48. The summed E-state index contributed by atoms with van der Waals surface area (Å²) in [5, 5.41) is 11.5. The molecule has 0 saturated heterocycles. The summed E-state index contributed by atoms with van der Waals surface area (Å²) < 4.78 is 16.0. The Morgan fingerprint density at radius 1 is 1.13 bits per heavy atom. The summed E-state index contributed by atoms with van der Waals surface area (Å²) in [7, 11) is 4.62. The maximum atomic E-state index is 12.6. The Bertz CT molecular complexity index is 981. The zero-order valence-corrected chi connectivity index (χ0v) is 17.5. The van der Waals surface area contributed by atoms with Crippen LogP contribution in [0.5, 0.6) is 17.2 Å². The third kappa shape index (κ3) is 4.74. The summed E-state index contributed by atoms with van der Waals surface area (Å²) in [6.45, 7) is 0.651. The van der Waals surface area contributed by atoms with Crippen LogP contribution >= 0.6 is 0 Å². The van der Waals surface area contributed by atoms with Gasteiger partial charge in [0, 0.05) is 12.2 Å². The molecule has 7 heteroatoms. The van der Waals surface area contributed by atoms with Crippen LogP contribution in [0.2, 0.25) is 0 Å². The number of hydrogen-bond acceptors (Lipinski definition) is 6. The minimum absolute atomic E-state index is 0.135. The first-order valence-corrected chi connectivity index (χ1v) is 9.72. The highest BCUT2D eigenvalue weighted by Crippen LogP contribution is 2.32. The number of anilines is 1. The van der Waals surface area contributed by atoms with Gasteiger partial charge in [-0.05, 0) is 54.7 Å². The van der Waals surface area contributed by atoms with Crippen molar-refractivity contribution in [3.63, 3.8) is 0 Å². The van der Waals surface area contributed by atoms with Crippen molar-refractivity contribution in [3.05, 3.63) is 53.1 Å². The highest BCUT2D eigenvalue weighted by molar-refractivity contribution is 6.15. The van der Waals surface area contributed by atoms with Crippen molar-refractivity contribution in [2.45, 2.75) is 12.8 Å². The Morgan fingerprint density at radius 2 is 1.87 bits per heavy atom. The molecule has 0 aliphatic heterocycles. The predicted molar refractivity (Wildman–Crippen MR) is 118 cm³/mol. The lowest BCUT2D eigenvalue weighted by Crippen LogP contribution is -2.26. The molecule has 30 heavy (non-hydrogen) atoms. The van der Waals surface area contributed by atoms with E-state index in [0.29, 0.717) is 46.5 Å². The number of nitrogens with two attached hydrogens (primary N) is 1. The van der Waals surface area contributed by atoms with Crippen molar-refractivity contribution < 1.29 is 19.0 Å². The van der Waals surface area contributed by atoms with Crippen LogP contribution < -0.4 is 25.3 Å². The molecular weight excluding hydrogens is 382 g/mol. The van der Waals surface area contributed by atoms with Gasteiger partial charge in [0.15, 0.2) is 11.5 Å². The largest absolute Gasteiger partial charge is 0.495 e. The molecule has 0 unspecified atom stereocenters. The Labute approximate surface area is 176 Å². The predicted octanol–water partition coefficient (Wildman–Crippen LogP) is 3.52. The summed E-state index contributed by atoms with van der Waals surface area (Å²) in [6, 6.07) is 8.72. The van der Waals surface area contributed by atoms with Gasteiger partial charge in [-0.15, -0.1) is 0 Å². The average Bonchev–Trinajstić information content (AvgIpc) is 3.59. The highest BCUT2D eigenvalue weighted by Gasteiger charge is 2.24. The normalized spacial score (nSPS) is 13.2. The zero-order valence-electron chi connectivity index (χ0n) is 17.5. The van der Waals surface area contributed by atoms with Crippen LogP contribution in [0.1, 0.15) is 34.3 Å². The lowest BCUT2D eigenvalue weighted by molar-refractivity contribution is 0.0949. The smallest absolute Gasteiger partial charge is 0.255 e. The molecule has 0 bridgehead atoms. The fourth-order valence-electron chi connectivity index (χ4n) is 3.14. The van der Waals surface area contributed by atoms with E-state index < -0.39 is 0 Å². The maximum absolute atomic E-state index is 12.6. The van der Waals surface area contributed by atoms with Gasteiger partial charge in [-0.2, -0.15) is 0 Å². The van der Waals surface area contributed by atoms with Crippen molar-refractivity contribution in [1.29, 1.82) is 5.41 Å². The van der Waals surface area contributed by atoms with Crippen molar-refractivity contribution in [3.8, 4) is 17.2 Å². The van der Waals surface area contributed by atoms with Gasteiger partial charge in [-0.1, -0.05) is 12.1 Å². The number of carbonyl (C=O) groups excluding carboxylic acids is 1. The fourth-order valence-corrected chi connectivity index (χ4v) is 3.14. The van der Waals surface area contributed by atoms with Gasteiger partial charge in [-0.25, -0.2) is 0 Å². The SMILES string of the molecule is COc1ccc(/C=C/C(=N)c2c(N)ccc(C(=O)NCC3CC3)c2OC)cc1OC. The van der Waals surface area contributed by atoms with Crippen LogP contribution in [0, 0.1) is 11.3 Å². The minimum atomic E-state index is -0.225. The average molecular weight is 409 g/mol. The molecule has 0 radical (unpaired) electrons. The van der Waals surface area contributed by atoms with Gasteiger partial charge in [0.25, 0.3) is 5.91 Å². The van der Waals surface area contributed by atoms with E-state index in [4.69, 9.17) is 25.4 Å². The van der Waals surface area contributed by atoms with E-state index in [9.17, 15) is 4.79 Å². The van der Waals surface area contributed by atoms with Gasteiger partial charge in [0.2, 0.25) is 0 Å². The number of nitrogen functional groups attached to an aromatic ring is 1. The van der Waals surface area contributed by atoms with E-state index in [-0.39, 0.29) is 11.6 Å². The van der Waals surface area contributed by atoms with Crippen molar-refractivity contribution in [1.82, 2.24) is 5.32 Å². The van der Waals surface area contributed by atoms with Gasteiger partial charge in [-0.3, -0.25) is 4.79 Å². The topological polar surface area (TPSA) is 107 Å². The molecule has 1 aliphatic rings. The third-order valence-corrected chi connectivity index (χ3v) is 5.01. The Morgan fingerprint density at radius 3 is 2.50 bits per heavy atom. The maximum Gasteiger partial charge on any atom is 0.255 e. The fraction of sp³-hybridized carbons (Fsp3) is 0.304. The molecule has 0 atom stereocenters. The molecule has 4 N–H and O–H groups in total. The van der Waals surface area contributed by atoms with E-state index >= 15 is 0 Å². The van der Waals surface area contributed by atoms with Crippen molar-refractivity contribution >= 4 is 23.4 Å². The van der Waals surface area contributed by atoms with Crippen molar-refractivity contribution in [2.75, 3.05) is 33.6 Å². The van der Waals surface area contributed by atoms with Gasteiger partial charge < -0.3 is 30.7 Å². The number of carbonyl (C=O) groups is 1. The van der Waals surface area contributed by atoms with Crippen LogP contribution in [-0.2, 0) is 0 Å². The second-order valence-electron chi connectivity index (χ2n) is 7.13. The summed E-state index contributed by atoms with van der Waals surface area (Å²) in [5.41, 5.74) is 8.21. The van der Waals surface area contributed by atoms with Crippen LogP contribution in [-0.4, -0.2) is 39.5 Å². The number of ether oxygens (including phenoxy) is 3. The molecule has 0 aromatic heterocycles. The molecule has 7 nitrogen and oxygen atoms in total. The Kier molecular flexibility index (Phi) is 6.61. The summed E-state index contributed by atoms with van der Waals surface area (Å²) in [5.74, 6) is 1.86. The molecule has 2 aromatic rings. The van der Waals surface area contributed by atoms with Crippen LogP contribution in [0.4, 0.5) is 5.69 Å². The molecule has 1 fully saturated rings. The van der Waals surface area contributed by atoms with Crippen molar-refractivity contribution in [2.24, 2.45) is 5.92 Å². The van der Waals surface area contributed by atoms with E-state index in [1.54, 1.807) is 44.6 Å². The first-order chi connectivity index (χ1) is 14.5. The third-order valence-electron chi connectivity index (χ3n) is 5.01. The standard InChI is InChI=1S/C23H27N3O4/c1-28-19-11-7-14(12-20(19)29-2)6-9-17(24)21-18(25)10-8-16(22(21)30-3)23(27)26-13-15-4-5-15/h6-12,15,24H,4-5,13,25H2,1-3H3,(H,26,27)/b9-6+,24-17?. The summed E-state index contributed by atoms with van der Waals surface area (Å²) >= 11 is 0. The first-order valence-electron chi connectivity index (χ1n) is 9.72. The molecule has 158 valence electrons. The van der Waals surface area contributed by atoms with Crippen LogP contribution in [0.25, 0.3) is 6.08 Å². The number of allylic oxidation sites excluding steroid dienone is 1. The summed E-state index contributed by atoms with van der Waals surface area (Å²) in [4.78, 5) is 12.6. The molecule has 1 aliphatic carbocycles. The van der Waals surface area contributed by atoms with Crippen LogP contribution in [0.15, 0.2) is 36.4 Å². The number of nitrogens with one attached hydrogen (secondary N) is 2. The quantitative estimate of drug-likeness (QED) is 0.434. The molecule has 3 rings (SSSR count). The molecule has 1 saturated carbocycles. The Balaban J connectivity index is 1.86. The first kappa shape index (κ1) is 21.2. The minimum Gasteiger partial charge on any atom is -0.495 e. The second kappa shape index (κ2) is 9.35.